The van der Waals surface area contributed by atoms with Gasteiger partial charge < -0.3 is 0 Å². The smallest absolute Gasteiger partial charge is 0.142 e. The number of benzene rings is 1. The highest BCUT2D eigenvalue weighted by molar-refractivity contribution is 9.10. The molecule has 1 atom stereocenters. The Hall–Kier alpha value is -0.460. The average molecular weight is 336 g/mol. The molecule has 0 aliphatic heterocycles. The van der Waals surface area contributed by atoms with Crippen LogP contribution in [-0.2, 0) is 0 Å². The topological polar surface area (TPSA) is 38.0 Å². The van der Waals surface area contributed by atoms with E-state index in [2.05, 4.69) is 21.4 Å². The van der Waals surface area contributed by atoms with Crippen molar-refractivity contribution in [1.82, 2.24) is 5.43 Å². The number of hydrogen-bond acceptors (Lipinski definition) is 3. The number of hydrazine groups is 1. The lowest BCUT2D eigenvalue weighted by Crippen LogP contribution is -2.29. The lowest BCUT2D eigenvalue weighted by Gasteiger charge is -2.17. The zero-order valence-electron chi connectivity index (χ0n) is 8.58. The van der Waals surface area contributed by atoms with Crippen LogP contribution in [0.15, 0.2) is 33.4 Å². The van der Waals surface area contributed by atoms with Gasteiger partial charge in [0.25, 0.3) is 0 Å². The summed E-state index contributed by atoms with van der Waals surface area (Å²) in [6.07, 6.45) is 0. The summed E-state index contributed by atoms with van der Waals surface area (Å²) in [5, 5.41) is 3.97. The molecule has 0 fully saturated rings. The normalized spacial score (nSPS) is 12.7. The monoisotopic (exact) mass is 334 g/mol. The quantitative estimate of drug-likeness (QED) is 0.660. The predicted molar refractivity (Wildman–Crippen MR) is 72.6 cm³/mol. The summed E-state index contributed by atoms with van der Waals surface area (Å²) in [5.41, 5.74) is 4.21. The van der Waals surface area contributed by atoms with Crippen molar-refractivity contribution in [1.29, 1.82) is 0 Å². The van der Waals surface area contributed by atoms with E-state index < -0.39 is 5.82 Å². The first-order valence-electron chi connectivity index (χ1n) is 4.76. The van der Waals surface area contributed by atoms with Crippen LogP contribution in [0.5, 0.6) is 0 Å². The maximum atomic E-state index is 13.4. The van der Waals surface area contributed by atoms with E-state index in [1.165, 1.54) is 17.4 Å². The minimum absolute atomic E-state index is 0.0913. The van der Waals surface area contributed by atoms with Crippen molar-refractivity contribution in [2.45, 2.75) is 6.04 Å². The number of nitrogens with two attached hydrogens (primary N) is 1. The Labute approximate surface area is 116 Å². The van der Waals surface area contributed by atoms with Crippen molar-refractivity contribution in [3.8, 4) is 0 Å². The van der Waals surface area contributed by atoms with E-state index in [9.17, 15) is 4.39 Å². The molecule has 0 spiro atoms. The van der Waals surface area contributed by atoms with Crippen molar-refractivity contribution >= 4 is 38.9 Å². The predicted octanol–water partition coefficient (Wildman–Crippen LogP) is 3.86. The number of nitrogens with one attached hydrogen (secondary N) is 1. The van der Waals surface area contributed by atoms with Gasteiger partial charge >= 0.3 is 0 Å². The van der Waals surface area contributed by atoms with E-state index in [0.717, 1.165) is 10.0 Å². The van der Waals surface area contributed by atoms with Crippen molar-refractivity contribution < 1.29 is 4.39 Å². The van der Waals surface area contributed by atoms with E-state index in [4.69, 9.17) is 17.4 Å². The van der Waals surface area contributed by atoms with Crippen LogP contribution >= 0.6 is 38.9 Å². The van der Waals surface area contributed by atoms with E-state index in [1.807, 2.05) is 10.8 Å². The molecule has 0 saturated carbocycles. The van der Waals surface area contributed by atoms with Gasteiger partial charge in [0.1, 0.15) is 5.82 Å². The van der Waals surface area contributed by atoms with Gasteiger partial charge in [0.15, 0.2) is 0 Å². The van der Waals surface area contributed by atoms with Gasteiger partial charge in [-0.3, -0.25) is 5.84 Å². The highest BCUT2D eigenvalue weighted by atomic mass is 79.9. The van der Waals surface area contributed by atoms with Crippen LogP contribution in [0.3, 0.4) is 0 Å². The van der Waals surface area contributed by atoms with Crippen LogP contribution in [0.1, 0.15) is 17.2 Å². The Balaban J connectivity index is 2.50. The maximum Gasteiger partial charge on any atom is 0.142 e. The van der Waals surface area contributed by atoms with E-state index >= 15 is 0 Å². The summed E-state index contributed by atoms with van der Waals surface area (Å²) in [6, 6.07) is 4.35. The SMILES string of the molecule is NNC(c1cscc1Br)c1cccc(F)c1Cl. The lowest BCUT2D eigenvalue weighted by atomic mass is 10.0. The molecule has 0 amide bonds. The van der Waals surface area contributed by atoms with Crippen LogP contribution in [0.2, 0.25) is 5.02 Å². The molecule has 2 nitrogen and oxygen atoms in total. The average Bonchev–Trinajstić information content (AvgIpc) is 2.72. The molecule has 0 saturated heterocycles. The molecule has 0 aliphatic rings. The molecule has 1 aromatic carbocycles. The van der Waals surface area contributed by atoms with Gasteiger partial charge in [-0.25, -0.2) is 9.82 Å². The second-order valence-electron chi connectivity index (χ2n) is 3.42. The molecule has 1 unspecified atom stereocenters. The molecular formula is C11H9BrClFN2S. The fraction of sp³-hybridized carbons (Fsp3) is 0.0909. The zero-order chi connectivity index (χ0) is 12.4. The van der Waals surface area contributed by atoms with Crippen LogP contribution < -0.4 is 11.3 Å². The standard InChI is InChI=1S/C11H9BrClFN2S/c12-8-5-17-4-7(8)11(16-15)6-2-1-3-9(14)10(6)13/h1-5,11,16H,15H2. The Morgan fingerprint density at radius 3 is 2.71 bits per heavy atom. The molecule has 0 radical (unpaired) electrons. The first-order chi connectivity index (χ1) is 8.15. The third kappa shape index (κ3) is 2.53. The minimum atomic E-state index is -0.448. The highest BCUT2D eigenvalue weighted by Gasteiger charge is 2.20. The van der Waals surface area contributed by atoms with E-state index in [1.54, 1.807) is 12.1 Å². The Kier molecular flexibility index (Phi) is 4.17. The molecule has 0 bridgehead atoms. The maximum absolute atomic E-state index is 13.4. The minimum Gasteiger partial charge on any atom is -0.271 e. The second kappa shape index (κ2) is 5.46. The van der Waals surface area contributed by atoms with Crippen molar-refractivity contribution in [2.75, 3.05) is 0 Å². The third-order valence-electron chi connectivity index (χ3n) is 2.41. The van der Waals surface area contributed by atoms with Crippen molar-refractivity contribution in [2.24, 2.45) is 5.84 Å². The fourth-order valence-corrected chi connectivity index (χ4v) is 3.37. The second-order valence-corrected chi connectivity index (χ2v) is 5.39. The molecule has 90 valence electrons. The number of halogens is 3. The van der Waals surface area contributed by atoms with Gasteiger partial charge in [-0.2, -0.15) is 11.3 Å². The molecule has 1 aromatic heterocycles. The van der Waals surface area contributed by atoms with Gasteiger partial charge in [-0.15, -0.1) is 0 Å². The summed E-state index contributed by atoms with van der Waals surface area (Å²) < 4.78 is 14.3. The van der Waals surface area contributed by atoms with Crippen LogP contribution in [-0.4, -0.2) is 0 Å². The first-order valence-corrected chi connectivity index (χ1v) is 6.88. The molecular weight excluding hydrogens is 327 g/mol. The summed E-state index contributed by atoms with van der Waals surface area (Å²) >= 11 is 10.9. The molecule has 3 N–H and O–H groups in total. The highest BCUT2D eigenvalue weighted by Crippen LogP contribution is 2.34. The number of thiophene rings is 1. The van der Waals surface area contributed by atoms with Gasteiger partial charge in [-0.05, 0) is 38.5 Å². The van der Waals surface area contributed by atoms with Gasteiger partial charge in [0, 0.05) is 9.85 Å². The fourth-order valence-electron chi connectivity index (χ4n) is 1.59. The van der Waals surface area contributed by atoms with Crippen LogP contribution in [0.25, 0.3) is 0 Å². The van der Waals surface area contributed by atoms with Crippen LogP contribution in [0.4, 0.5) is 4.39 Å². The Morgan fingerprint density at radius 2 is 2.12 bits per heavy atom. The van der Waals surface area contributed by atoms with Crippen LogP contribution in [0, 0.1) is 5.82 Å². The Bertz CT molecular complexity index is 532. The molecule has 1 heterocycles. The van der Waals surface area contributed by atoms with Gasteiger partial charge in [-0.1, -0.05) is 23.7 Å². The zero-order valence-corrected chi connectivity index (χ0v) is 11.7. The summed E-state index contributed by atoms with van der Waals surface area (Å²) in [5.74, 6) is 5.09. The largest absolute Gasteiger partial charge is 0.271 e. The van der Waals surface area contributed by atoms with Crippen molar-refractivity contribution in [3.05, 3.63) is 55.4 Å². The molecule has 2 aromatic rings. The number of rotatable bonds is 3. The summed E-state index contributed by atoms with van der Waals surface area (Å²) in [6.45, 7) is 0. The summed E-state index contributed by atoms with van der Waals surface area (Å²) in [4.78, 5) is 0. The van der Waals surface area contributed by atoms with E-state index in [-0.39, 0.29) is 11.1 Å². The number of hydrogen-bond donors (Lipinski definition) is 2. The van der Waals surface area contributed by atoms with Gasteiger partial charge in [0.2, 0.25) is 0 Å². The summed E-state index contributed by atoms with van der Waals surface area (Å²) in [7, 11) is 0. The first kappa shape index (κ1) is 13.0. The molecule has 0 aliphatic carbocycles. The molecule has 6 heteroatoms. The van der Waals surface area contributed by atoms with E-state index in [0.29, 0.717) is 5.56 Å². The third-order valence-corrected chi connectivity index (χ3v) is 4.56. The molecule has 2 rings (SSSR count). The molecule has 17 heavy (non-hydrogen) atoms. The van der Waals surface area contributed by atoms with Gasteiger partial charge in [0.05, 0.1) is 11.1 Å². The lowest BCUT2D eigenvalue weighted by molar-refractivity contribution is 0.606. The Morgan fingerprint density at radius 1 is 1.35 bits per heavy atom. The van der Waals surface area contributed by atoms with Crippen molar-refractivity contribution in [3.63, 3.8) is 0 Å².